The quantitative estimate of drug-likeness (QED) is 0.491. The van der Waals surface area contributed by atoms with E-state index < -0.39 is 0 Å². The van der Waals surface area contributed by atoms with Gasteiger partial charge < -0.3 is 14.6 Å². The number of carbonyl (C=O) groups excluding carboxylic acids is 1. The number of anilines is 2. The van der Waals surface area contributed by atoms with Gasteiger partial charge >= 0.3 is 0 Å². The molecular weight excluding hydrogens is 376 g/mol. The number of para-hydroxylation sites is 1. The molecule has 0 atom stereocenters. The number of aryl methyl sites for hydroxylation is 1. The van der Waals surface area contributed by atoms with Gasteiger partial charge in [0.25, 0.3) is 5.91 Å². The van der Waals surface area contributed by atoms with E-state index in [1.165, 1.54) is 0 Å². The predicted octanol–water partition coefficient (Wildman–Crippen LogP) is 4.65. The normalized spacial score (nSPS) is 10.6. The molecule has 4 rings (SSSR count). The Morgan fingerprint density at radius 2 is 1.70 bits per heavy atom. The third kappa shape index (κ3) is 4.72. The van der Waals surface area contributed by atoms with Crippen molar-refractivity contribution in [1.29, 1.82) is 0 Å². The minimum absolute atomic E-state index is 0.272. The summed E-state index contributed by atoms with van der Waals surface area (Å²) < 4.78 is 5.27. The smallest absolute Gasteiger partial charge is 0.270 e. The highest BCUT2D eigenvalue weighted by atomic mass is 16.3. The van der Waals surface area contributed by atoms with Crippen LogP contribution in [-0.2, 0) is 13.1 Å². The number of amides is 1. The van der Waals surface area contributed by atoms with Crippen LogP contribution in [0.2, 0.25) is 0 Å². The fourth-order valence-corrected chi connectivity index (χ4v) is 3.16. The molecule has 0 bridgehead atoms. The molecule has 1 N–H and O–H groups in total. The zero-order chi connectivity index (χ0) is 20.8. The minimum atomic E-state index is -0.272. The Morgan fingerprint density at radius 1 is 0.967 bits per heavy atom. The van der Waals surface area contributed by atoms with Crippen LogP contribution in [-0.4, -0.2) is 15.9 Å². The van der Waals surface area contributed by atoms with Crippen LogP contribution >= 0.6 is 0 Å². The molecule has 0 radical (unpaired) electrons. The van der Waals surface area contributed by atoms with Crippen molar-refractivity contribution in [2.75, 3.05) is 4.90 Å². The van der Waals surface area contributed by atoms with E-state index in [9.17, 15) is 4.79 Å². The number of rotatable bonds is 7. The van der Waals surface area contributed by atoms with Crippen LogP contribution in [0, 0.1) is 6.92 Å². The Balaban J connectivity index is 1.64. The summed E-state index contributed by atoms with van der Waals surface area (Å²) in [5.41, 5.74) is 2.45. The van der Waals surface area contributed by atoms with Gasteiger partial charge in [0.1, 0.15) is 23.1 Å². The maximum Gasteiger partial charge on any atom is 0.270 e. The largest absolute Gasteiger partial charge is 0.467 e. The topological polar surface area (TPSA) is 71.3 Å². The first kappa shape index (κ1) is 19.4. The summed E-state index contributed by atoms with van der Waals surface area (Å²) in [4.78, 5) is 23.7. The van der Waals surface area contributed by atoms with Gasteiger partial charge in [-0.25, -0.2) is 9.97 Å². The van der Waals surface area contributed by atoms with Crippen LogP contribution in [0.3, 0.4) is 0 Å². The molecule has 6 heteroatoms. The number of furan rings is 1. The lowest BCUT2D eigenvalue weighted by atomic mass is 10.2. The first-order chi connectivity index (χ1) is 14.7. The zero-order valence-corrected chi connectivity index (χ0v) is 16.7. The van der Waals surface area contributed by atoms with Gasteiger partial charge in [0.05, 0.1) is 12.8 Å². The third-order valence-corrected chi connectivity index (χ3v) is 4.59. The van der Waals surface area contributed by atoms with Crippen LogP contribution < -0.4 is 10.2 Å². The Morgan fingerprint density at radius 3 is 2.40 bits per heavy atom. The van der Waals surface area contributed by atoms with Crippen molar-refractivity contribution in [3.05, 3.63) is 108 Å². The highest BCUT2D eigenvalue weighted by Crippen LogP contribution is 2.26. The molecule has 0 spiro atoms. The monoisotopic (exact) mass is 398 g/mol. The Kier molecular flexibility index (Phi) is 5.85. The minimum Gasteiger partial charge on any atom is -0.467 e. The number of carbonyl (C=O) groups is 1. The molecule has 1 amide bonds. The van der Waals surface area contributed by atoms with Crippen molar-refractivity contribution in [2.24, 2.45) is 0 Å². The molecule has 0 aliphatic heterocycles. The van der Waals surface area contributed by atoms with E-state index in [1.807, 2.05) is 54.6 Å². The lowest BCUT2D eigenvalue weighted by molar-refractivity contribution is 0.0942. The van der Waals surface area contributed by atoms with Crippen LogP contribution in [0.4, 0.5) is 11.5 Å². The fraction of sp³-hybridized carbons (Fsp3) is 0.125. The van der Waals surface area contributed by atoms with E-state index in [0.29, 0.717) is 36.2 Å². The van der Waals surface area contributed by atoms with E-state index in [1.54, 1.807) is 25.3 Å². The maximum absolute atomic E-state index is 12.7. The van der Waals surface area contributed by atoms with Crippen molar-refractivity contribution in [3.63, 3.8) is 0 Å². The van der Waals surface area contributed by atoms with Crippen molar-refractivity contribution < 1.29 is 9.21 Å². The lowest BCUT2D eigenvalue weighted by Gasteiger charge is -2.24. The lowest BCUT2D eigenvalue weighted by Crippen LogP contribution is -2.25. The molecule has 0 fully saturated rings. The SMILES string of the molecule is Cc1nc(C(=O)NCc2ccco2)cc(N(Cc2ccccc2)c2ccccc2)n1. The second-order valence-electron chi connectivity index (χ2n) is 6.83. The Labute approximate surface area is 175 Å². The molecule has 0 aliphatic rings. The maximum atomic E-state index is 12.7. The van der Waals surface area contributed by atoms with Crippen LogP contribution in [0.25, 0.3) is 0 Å². The van der Waals surface area contributed by atoms with E-state index in [0.717, 1.165) is 11.3 Å². The fourth-order valence-electron chi connectivity index (χ4n) is 3.16. The number of nitrogens with one attached hydrogen (secondary N) is 1. The van der Waals surface area contributed by atoms with Gasteiger partial charge in [0, 0.05) is 18.3 Å². The summed E-state index contributed by atoms with van der Waals surface area (Å²) in [5, 5.41) is 2.84. The third-order valence-electron chi connectivity index (χ3n) is 4.59. The van der Waals surface area contributed by atoms with Crippen molar-refractivity contribution in [1.82, 2.24) is 15.3 Å². The second-order valence-corrected chi connectivity index (χ2v) is 6.83. The van der Waals surface area contributed by atoms with E-state index in [2.05, 4.69) is 32.3 Å². The van der Waals surface area contributed by atoms with Gasteiger partial charge in [0.15, 0.2) is 0 Å². The molecule has 30 heavy (non-hydrogen) atoms. The number of benzene rings is 2. The summed E-state index contributed by atoms with van der Waals surface area (Å²) in [5.74, 6) is 1.61. The van der Waals surface area contributed by atoms with E-state index in [-0.39, 0.29) is 5.91 Å². The molecule has 4 aromatic rings. The van der Waals surface area contributed by atoms with Gasteiger partial charge in [-0.3, -0.25) is 4.79 Å². The van der Waals surface area contributed by atoms with Gasteiger partial charge in [-0.1, -0.05) is 48.5 Å². The Hall–Kier alpha value is -3.93. The summed E-state index contributed by atoms with van der Waals surface area (Å²) in [6.07, 6.45) is 1.58. The van der Waals surface area contributed by atoms with E-state index in [4.69, 9.17) is 4.42 Å². The number of hydrogen-bond acceptors (Lipinski definition) is 5. The van der Waals surface area contributed by atoms with Gasteiger partial charge in [-0.2, -0.15) is 0 Å². The summed E-state index contributed by atoms with van der Waals surface area (Å²) in [6, 6.07) is 25.5. The van der Waals surface area contributed by atoms with Gasteiger partial charge in [-0.05, 0) is 36.8 Å². The summed E-state index contributed by atoms with van der Waals surface area (Å²) in [6.45, 7) is 2.71. The van der Waals surface area contributed by atoms with Crippen LogP contribution in [0.5, 0.6) is 0 Å². The molecule has 2 heterocycles. The number of nitrogens with zero attached hydrogens (tertiary/aromatic N) is 3. The van der Waals surface area contributed by atoms with Crippen molar-refractivity contribution >= 4 is 17.4 Å². The molecule has 0 saturated heterocycles. The molecule has 2 aromatic heterocycles. The van der Waals surface area contributed by atoms with Crippen LogP contribution in [0.1, 0.15) is 27.6 Å². The van der Waals surface area contributed by atoms with Crippen LogP contribution in [0.15, 0.2) is 89.5 Å². The van der Waals surface area contributed by atoms with Crippen molar-refractivity contribution in [3.8, 4) is 0 Å². The Bertz CT molecular complexity index is 1100. The molecular formula is C24H22N4O2. The highest BCUT2D eigenvalue weighted by Gasteiger charge is 2.17. The standard InChI is InChI=1S/C24H22N4O2/c1-18-26-22(24(29)25-16-21-13-8-14-30-21)15-23(27-18)28(20-11-6-3-7-12-20)17-19-9-4-2-5-10-19/h2-15H,16-17H2,1H3,(H,25,29). The number of hydrogen-bond donors (Lipinski definition) is 1. The summed E-state index contributed by atoms with van der Waals surface area (Å²) in [7, 11) is 0. The van der Waals surface area contributed by atoms with Crippen molar-refractivity contribution in [2.45, 2.75) is 20.0 Å². The average Bonchev–Trinajstić information content (AvgIpc) is 3.30. The first-order valence-corrected chi connectivity index (χ1v) is 9.72. The first-order valence-electron chi connectivity index (χ1n) is 9.72. The summed E-state index contributed by atoms with van der Waals surface area (Å²) >= 11 is 0. The molecule has 2 aromatic carbocycles. The second kappa shape index (κ2) is 9.05. The van der Waals surface area contributed by atoms with Gasteiger partial charge in [0.2, 0.25) is 0 Å². The molecule has 0 unspecified atom stereocenters. The number of aromatic nitrogens is 2. The highest BCUT2D eigenvalue weighted by molar-refractivity contribution is 5.93. The predicted molar refractivity (Wildman–Crippen MR) is 115 cm³/mol. The molecule has 150 valence electrons. The van der Waals surface area contributed by atoms with E-state index >= 15 is 0 Å². The molecule has 0 aliphatic carbocycles. The van der Waals surface area contributed by atoms with Gasteiger partial charge in [-0.15, -0.1) is 0 Å². The zero-order valence-electron chi connectivity index (χ0n) is 16.7. The average molecular weight is 398 g/mol. The molecule has 6 nitrogen and oxygen atoms in total. The molecule has 0 saturated carbocycles.